The maximum Gasteiger partial charge on any atom is 0.241 e. The second kappa shape index (κ2) is 8.29. The Morgan fingerprint density at radius 1 is 1.12 bits per heavy atom. The second-order valence-electron chi connectivity index (χ2n) is 6.10. The van der Waals surface area contributed by atoms with Crippen LogP contribution in [0.4, 0.5) is 5.69 Å². The number of amides is 1. The van der Waals surface area contributed by atoms with Gasteiger partial charge >= 0.3 is 0 Å². The Kier molecular flexibility index (Phi) is 6.55. The van der Waals surface area contributed by atoms with E-state index in [2.05, 4.69) is 5.32 Å². The lowest BCUT2D eigenvalue weighted by Crippen LogP contribution is -2.41. The summed E-state index contributed by atoms with van der Waals surface area (Å²) in [6, 6.07) is 11.9. The molecule has 140 valence electrons. The van der Waals surface area contributed by atoms with Crippen molar-refractivity contribution in [3.8, 4) is 0 Å². The van der Waals surface area contributed by atoms with Crippen LogP contribution in [0.15, 0.2) is 42.5 Å². The third kappa shape index (κ3) is 5.62. The summed E-state index contributed by atoms with van der Waals surface area (Å²) in [5, 5.41) is 3.38. The first-order valence-electron chi connectivity index (χ1n) is 7.86. The van der Waals surface area contributed by atoms with E-state index in [9.17, 15) is 13.2 Å². The zero-order valence-electron chi connectivity index (χ0n) is 14.7. The van der Waals surface area contributed by atoms with Gasteiger partial charge in [0, 0.05) is 10.0 Å². The van der Waals surface area contributed by atoms with Crippen LogP contribution < -0.4 is 9.62 Å². The monoisotopic (exact) mass is 414 g/mol. The van der Waals surface area contributed by atoms with Gasteiger partial charge in [-0.3, -0.25) is 9.10 Å². The van der Waals surface area contributed by atoms with Gasteiger partial charge in [-0.05, 0) is 37.6 Å². The molecule has 1 N–H and O–H groups in total. The zero-order chi connectivity index (χ0) is 19.5. The summed E-state index contributed by atoms with van der Waals surface area (Å²) < 4.78 is 25.3. The summed E-state index contributed by atoms with van der Waals surface area (Å²) in [5.41, 5.74) is 2.29. The fraction of sp³-hybridized carbons (Fsp3) is 0.278. The van der Waals surface area contributed by atoms with E-state index in [1.807, 2.05) is 38.1 Å². The van der Waals surface area contributed by atoms with Crippen LogP contribution in [0, 0.1) is 6.92 Å². The highest BCUT2D eigenvalue weighted by Gasteiger charge is 2.22. The average Bonchev–Trinajstić information content (AvgIpc) is 2.51. The van der Waals surface area contributed by atoms with Crippen LogP contribution in [0.25, 0.3) is 0 Å². The van der Waals surface area contributed by atoms with Gasteiger partial charge in [0.25, 0.3) is 0 Å². The van der Waals surface area contributed by atoms with Gasteiger partial charge in [0.05, 0.1) is 18.0 Å². The number of nitrogens with one attached hydrogen (secondary N) is 1. The Labute approximate surface area is 164 Å². The van der Waals surface area contributed by atoms with Gasteiger partial charge in [0.15, 0.2) is 0 Å². The number of carbonyl (C=O) groups excluding carboxylic acids is 1. The molecule has 0 aliphatic heterocycles. The Hall–Kier alpha value is -1.76. The SMILES string of the molecule is Cc1ccc([C@@H](C)NC(=O)CN(c2cc(Cl)cc(Cl)c2)S(C)(=O)=O)cc1. The molecule has 2 rings (SSSR count). The zero-order valence-corrected chi connectivity index (χ0v) is 17.0. The van der Waals surface area contributed by atoms with Crippen molar-refractivity contribution in [3.05, 3.63) is 63.6 Å². The lowest BCUT2D eigenvalue weighted by atomic mass is 10.1. The van der Waals surface area contributed by atoms with Gasteiger partial charge in [0.2, 0.25) is 15.9 Å². The number of aryl methyl sites for hydroxylation is 1. The lowest BCUT2D eigenvalue weighted by Gasteiger charge is -2.23. The highest BCUT2D eigenvalue weighted by molar-refractivity contribution is 7.92. The van der Waals surface area contributed by atoms with Gasteiger partial charge in [-0.15, -0.1) is 0 Å². The molecular weight excluding hydrogens is 395 g/mol. The van der Waals surface area contributed by atoms with Crippen LogP contribution >= 0.6 is 23.2 Å². The highest BCUT2D eigenvalue weighted by Crippen LogP contribution is 2.27. The molecule has 2 aromatic carbocycles. The minimum atomic E-state index is -3.70. The summed E-state index contributed by atoms with van der Waals surface area (Å²) >= 11 is 11.9. The molecule has 0 aromatic heterocycles. The molecule has 26 heavy (non-hydrogen) atoms. The van der Waals surface area contributed by atoms with Crippen LogP contribution in [0.3, 0.4) is 0 Å². The number of halogens is 2. The summed E-state index contributed by atoms with van der Waals surface area (Å²) in [6.45, 7) is 3.45. The Balaban J connectivity index is 2.18. The Morgan fingerprint density at radius 2 is 1.65 bits per heavy atom. The standard InChI is InChI=1S/C18H20Cl2N2O3S/c1-12-4-6-14(7-5-12)13(2)21-18(23)11-22(26(3,24)25)17-9-15(19)8-16(20)10-17/h4-10,13H,11H2,1-3H3,(H,21,23)/t13-/m1/s1. The first kappa shape index (κ1) is 20.6. The number of benzene rings is 2. The second-order valence-corrected chi connectivity index (χ2v) is 8.88. The van der Waals surface area contributed by atoms with Crippen molar-refractivity contribution in [2.24, 2.45) is 0 Å². The maximum absolute atomic E-state index is 12.4. The summed E-state index contributed by atoms with van der Waals surface area (Å²) in [7, 11) is -3.70. The summed E-state index contributed by atoms with van der Waals surface area (Å²) in [4.78, 5) is 12.4. The number of rotatable bonds is 6. The fourth-order valence-corrected chi connectivity index (χ4v) is 3.79. The molecule has 0 unspecified atom stereocenters. The average molecular weight is 415 g/mol. The molecular formula is C18H20Cl2N2O3S. The molecule has 0 spiro atoms. The van der Waals surface area contributed by atoms with E-state index < -0.39 is 15.9 Å². The number of nitrogens with zero attached hydrogens (tertiary/aromatic N) is 1. The summed E-state index contributed by atoms with van der Waals surface area (Å²) in [6.07, 6.45) is 1.03. The van der Waals surface area contributed by atoms with Crippen LogP contribution in [0.2, 0.25) is 10.0 Å². The molecule has 1 amide bonds. The van der Waals surface area contributed by atoms with E-state index >= 15 is 0 Å². The number of hydrogen-bond donors (Lipinski definition) is 1. The number of anilines is 1. The number of sulfonamides is 1. The third-order valence-electron chi connectivity index (χ3n) is 3.78. The van der Waals surface area contributed by atoms with E-state index in [-0.39, 0.29) is 28.3 Å². The molecule has 0 saturated carbocycles. The molecule has 0 radical (unpaired) electrons. The fourth-order valence-electron chi connectivity index (χ4n) is 2.44. The smallest absolute Gasteiger partial charge is 0.241 e. The van der Waals surface area contributed by atoms with E-state index in [0.29, 0.717) is 0 Å². The quantitative estimate of drug-likeness (QED) is 0.777. The maximum atomic E-state index is 12.4. The molecule has 0 saturated heterocycles. The normalized spacial score (nSPS) is 12.5. The van der Waals surface area contributed by atoms with Crippen LogP contribution in [-0.4, -0.2) is 27.1 Å². The summed E-state index contributed by atoms with van der Waals surface area (Å²) in [5.74, 6) is -0.431. The first-order valence-corrected chi connectivity index (χ1v) is 10.5. The van der Waals surface area contributed by atoms with Crippen molar-refractivity contribution >= 4 is 44.8 Å². The molecule has 1 atom stereocenters. The number of carbonyl (C=O) groups is 1. The van der Waals surface area contributed by atoms with Gasteiger partial charge in [-0.1, -0.05) is 53.0 Å². The largest absolute Gasteiger partial charge is 0.348 e. The molecule has 0 fully saturated rings. The molecule has 8 heteroatoms. The molecule has 5 nitrogen and oxygen atoms in total. The predicted octanol–water partition coefficient (Wildman–Crippen LogP) is 3.95. The van der Waals surface area contributed by atoms with E-state index in [1.165, 1.54) is 18.2 Å². The number of hydrogen-bond acceptors (Lipinski definition) is 3. The van der Waals surface area contributed by atoms with Crippen molar-refractivity contribution in [2.75, 3.05) is 17.1 Å². The molecule has 0 bridgehead atoms. The van der Waals surface area contributed by atoms with Crippen molar-refractivity contribution < 1.29 is 13.2 Å². The van der Waals surface area contributed by atoms with Crippen LogP contribution in [0.1, 0.15) is 24.1 Å². The van der Waals surface area contributed by atoms with Crippen molar-refractivity contribution in [1.29, 1.82) is 0 Å². The van der Waals surface area contributed by atoms with E-state index in [4.69, 9.17) is 23.2 Å². The highest BCUT2D eigenvalue weighted by atomic mass is 35.5. The van der Waals surface area contributed by atoms with Crippen molar-refractivity contribution in [2.45, 2.75) is 19.9 Å². The van der Waals surface area contributed by atoms with E-state index in [0.717, 1.165) is 21.7 Å². The van der Waals surface area contributed by atoms with Crippen molar-refractivity contribution in [3.63, 3.8) is 0 Å². The molecule has 2 aromatic rings. The van der Waals surface area contributed by atoms with Gasteiger partial charge < -0.3 is 5.32 Å². The Bertz CT molecular complexity index is 879. The van der Waals surface area contributed by atoms with Crippen LogP contribution in [0.5, 0.6) is 0 Å². The van der Waals surface area contributed by atoms with Crippen LogP contribution in [-0.2, 0) is 14.8 Å². The Morgan fingerprint density at radius 3 is 2.15 bits per heavy atom. The van der Waals surface area contributed by atoms with Crippen molar-refractivity contribution in [1.82, 2.24) is 5.32 Å². The molecule has 0 aliphatic rings. The third-order valence-corrected chi connectivity index (χ3v) is 5.35. The lowest BCUT2D eigenvalue weighted by molar-refractivity contribution is -0.120. The topological polar surface area (TPSA) is 66.5 Å². The minimum absolute atomic E-state index is 0.239. The van der Waals surface area contributed by atoms with Gasteiger partial charge in [-0.2, -0.15) is 0 Å². The molecule has 0 aliphatic carbocycles. The molecule has 0 heterocycles. The van der Waals surface area contributed by atoms with E-state index in [1.54, 1.807) is 0 Å². The van der Waals surface area contributed by atoms with Gasteiger partial charge in [-0.25, -0.2) is 8.42 Å². The minimum Gasteiger partial charge on any atom is -0.348 e. The van der Waals surface area contributed by atoms with Gasteiger partial charge in [0.1, 0.15) is 6.54 Å². The predicted molar refractivity (Wildman–Crippen MR) is 106 cm³/mol. The first-order chi connectivity index (χ1) is 12.1.